The summed E-state index contributed by atoms with van der Waals surface area (Å²) in [6, 6.07) is 26.5. The Balaban J connectivity index is 1.80. The summed E-state index contributed by atoms with van der Waals surface area (Å²) in [6.07, 6.45) is 0.812. The van der Waals surface area contributed by atoms with Gasteiger partial charge < -0.3 is 10.2 Å². The first kappa shape index (κ1) is 32.7. The lowest BCUT2D eigenvalue weighted by molar-refractivity contribution is -0.140. The number of benzene rings is 4. The SMILES string of the molecule is CCCNC(=O)[C@@H](Cc1ccccc1)N(Cc1ccccc1F)C(=O)CN(c1ccc(Cl)cc1)S(=O)(=O)c1ccc(C)cc1. The molecule has 0 heterocycles. The Kier molecular flexibility index (Phi) is 11.1. The summed E-state index contributed by atoms with van der Waals surface area (Å²) in [5, 5.41) is 3.26. The lowest BCUT2D eigenvalue weighted by Gasteiger charge is -2.34. The third-order valence-corrected chi connectivity index (χ3v) is 9.16. The van der Waals surface area contributed by atoms with E-state index in [0.29, 0.717) is 18.0 Å². The summed E-state index contributed by atoms with van der Waals surface area (Å²) < 4.78 is 44.0. The fourth-order valence-electron chi connectivity index (χ4n) is 4.70. The molecular formula is C34H35ClFN3O4S. The van der Waals surface area contributed by atoms with Crippen LogP contribution in [0.5, 0.6) is 0 Å². The minimum atomic E-state index is -4.24. The zero-order valence-corrected chi connectivity index (χ0v) is 26.2. The van der Waals surface area contributed by atoms with E-state index in [9.17, 15) is 22.4 Å². The average Bonchev–Trinajstić information content (AvgIpc) is 3.02. The van der Waals surface area contributed by atoms with Crippen molar-refractivity contribution in [2.75, 3.05) is 17.4 Å². The van der Waals surface area contributed by atoms with Crippen LogP contribution in [0.15, 0.2) is 108 Å². The molecule has 2 amide bonds. The number of aryl methyl sites for hydroxylation is 1. The smallest absolute Gasteiger partial charge is 0.264 e. The van der Waals surface area contributed by atoms with E-state index in [1.165, 1.54) is 53.4 Å². The number of nitrogens with one attached hydrogen (secondary N) is 1. The van der Waals surface area contributed by atoms with E-state index in [-0.39, 0.29) is 29.1 Å². The maximum atomic E-state index is 15.0. The molecule has 0 aliphatic rings. The fourth-order valence-corrected chi connectivity index (χ4v) is 6.24. The molecule has 0 spiro atoms. The zero-order valence-electron chi connectivity index (χ0n) is 24.6. The van der Waals surface area contributed by atoms with E-state index in [1.807, 2.05) is 44.2 Å². The van der Waals surface area contributed by atoms with Gasteiger partial charge in [0.25, 0.3) is 10.0 Å². The number of sulfonamides is 1. The van der Waals surface area contributed by atoms with Crippen LogP contribution in [0.4, 0.5) is 10.1 Å². The van der Waals surface area contributed by atoms with Gasteiger partial charge in [0.15, 0.2) is 0 Å². The molecule has 230 valence electrons. The van der Waals surface area contributed by atoms with Crippen LogP contribution in [0, 0.1) is 12.7 Å². The zero-order chi connectivity index (χ0) is 31.7. The van der Waals surface area contributed by atoms with Crippen LogP contribution >= 0.6 is 11.6 Å². The Morgan fingerprint density at radius 3 is 2.16 bits per heavy atom. The molecule has 4 rings (SSSR count). The Labute approximate surface area is 263 Å². The second-order valence-corrected chi connectivity index (χ2v) is 12.7. The van der Waals surface area contributed by atoms with E-state index >= 15 is 0 Å². The van der Waals surface area contributed by atoms with Crippen molar-refractivity contribution < 1.29 is 22.4 Å². The van der Waals surface area contributed by atoms with Gasteiger partial charge in [-0.2, -0.15) is 0 Å². The molecule has 0 unspecified atom stereocenters. The Bertz CT molecular complexity index is 1670. The van der Waals surface area contributed by atoms with Crippen molar-refractivity contribution >= 4 is 39.1 Å². The second kappa shape index (κ2) is 15.0. The van der Waals surface area contributed by atoms with Gasteiger partial charge in [-0.25, -0.2) is 12.8 Å². The highest BCUT2D eigenvalue weighted by molar-refractivity contribution is 7.92. The van der Waals surface area contributed by atoms with Crippen LogP contribution in [0.25, 0.3) is 0 Å². The summed E-state index contributed by atoms with van der Waals surface area (Å²) in [5.41, 5.74) is 2.07. The summed E-state index contributed by atoms with van der Waals surface area (Å²) in [6.45, 7) is 3.24. The lowest BCUT2D eigenvalue weighted by atomic mass is 10.0. The number of carbonyl (C=O) groups excluding carboxylic acids is 2. The molecule has 0 aromatic heterocycles. The third kappa shape index (κ3) is 8.24. The highest BCUT2D eigenvalue weighted by Gasteiger charge is 2.35. The molecule has 0 bridgehead atoms. The predicted molar refractivity (Wildman–Crippen MR) is 171 cm³/mol. The molecule has 0 radical (unpaired) electrons. The number of amides is 2. The largest absolute Gasteiger partial charge is 0.354 e. The van der Waals surface area contributed by atoms with Gasteiger partial charge in [0.2, 0.25) is 11.8 Å². The molecule has 0 fully saturated rings. The van der Waals surface area contributed by atoms with E-state index in [0.717, 1.165) is 15.4 Å². The first-order valence-corrected chi connectivity index (χ1v) is 16.1. The molecule has 4 aromatic rings. The third-order valence-electron chi connectivity index (χ3n) is 7.12. The van der Waals surface area contributed by atoms with Crippen LogP contribution in [0.2, 0.25) is 5.02 Å². The van der Waals surface area contributed by atoms with Gasteiger partial charge in [-0.15, -0.1) is 0 Å². The van der Waals surface area contributed by atoms with Gasteiger partial charge in [-0.05, 0) is 61.4 Å². The Morgan fingerprint density at radius 1 is 0.886 bits per heavy atom. The first-order valence-electron chi connectivity index (χ1n) is 14.3. The summed E-state index contributed by atoms with van der Waals surface area (Å²) in [5.74, 6) is -1.63. The van der Waals surface area contributed by atoms with Gasteiger partial charge in [0, 0.05) is 30.1 Å². The monoisotopic (exact) mass is 635 g/mol. The molecule has 0 aliphatic carbocycles. The molecule has 1 N–H and O–H groups in total. The maximum absolute atomic E-state index is 15.0. The molecule has 44 heavy (non-hydrogen) atoms. The van der Waals surface area contributed by atoms with Crippen molar-refractivity contribution in [3.05, 3.63) is 131 Å². The number of carbonyl (C=O) groups is 2. The number of rotatable bonds is 13. The van der Waals surface area contributed by atoms with Crippen LogP contribution < -0.4 is 9.62 Å². The molecule has 0 saturated heterocycles. The van der Waals surface area contributed by atoms with Gasteiger partial charge in [-0.1, -0.05) is 84.8 Å². The molecule has 4 aromatic carbocycles. The van der Waals surface area contributed by atoms with Gasteiger partial charge in [0.05, 0.1) is 10.6 Å². The van der Waals surface area contributed by atoms with Crippen molar-refractivity contribution in [1.82, 2.24) is 10.2 Å². The second-order valence-electron chi connectivity index (χ2n) is 10.4. The van der Waals surface area contributed by atoms with Gasteiger partial charge in [-0.3, -0.25) is 13.9 Å². The molecule has 0 saturated carbocycles. The van der Waals surface area contributed by atoms with E-state index in [2.05, 4.69) is 5.32 Å². The molecular weight excluding hydrogens is 601 g/mol. The van der Waals surface area contributed by atoms with Crippen LogP contribution in [0.1, 0.15) is 30.0 Å². The lowest BCUT2D eigenvalue weighted by Crippen LogP contribution is -2.53. The van der Waals surface area contributed by atoms with E-state index < -0.39 is 40.2 Å². The normalized spacial score (nSPS) is 11.9. The van der Waals surface area contributed by atoms with Crippen LogP contribution in [-0.2, 0) is 32.6 Å². The average molecular weight is 636 g/mol. The first-order chi connectivity index (χ1) is 21.1. The Hall–Kier alpha value is -4.21. The number of anilines is 1. The highest BCUT2D eigenvalue weighted by Crippen LogP contribution is 2.27. The standard InChI is InChI=1S/C34H35ClFN3O4S/c1-3-21-37-34(41)32(22-26-9-5-4-6-10-26)38(23-27-11-7-8-12-31(27)36)33(40)24-39(29-17-15-28(35)16-18-29)44(42,43)30-19-13-25(2)14-20-30/h4-20,32H,3,21-24H2,1-2H3,(H,37,41)/t32-/m1/s1. The van der Waals surface area contributed by atoms with Crippen molar-refractivity contribution in [3.63, 3.8) is 0 Å². The molecule has 10 heteroatoms. The topological polar surface area (TPSA) is 86.8 Å². The fraction of sp³-hybridized carbons (Fsp3) is 0.235. The minimum absolute atomic E-state index is 0.00646. The van der Waals surface area contributed by atoms with Crippen molar-refractivity contribution in [2.24, 2.45) is 0 Å². The summed E-state index contributed by atoms with van der Waals surface area (Å²) in [7, 11) is -4.24. The van der Waals surface area contributed by atoms with Gasteiger partial charge in [0.1, 0.15) is 18.4 Å². The summed E-state index contributed by atoms with van der Waals surface area (Å²) >= 11 is 6.10. The quantitative estimate of drug-likeness (QED) is 0.191. The van der Waals surface area contributed by atoms with E-state index in [1.54, 1.807) is 24.3 Å². The van der Waals surface area contributed by atoms with Crippen molar-refractivity contribution in [1.29, 1.82) is 0 Å². The van der Waals surface area contributed by atoms with Crippen LogP contribution in [-0.4, -0.2) is 44.3 Å². The number of halogens is 2. The molecule has 1 atom stereocenters. The number of nitrogens with zero attached hydrogens (tertiary/aromatic N) is 2. The molecule has 0 aliphatic heterocycles. The predicted octanol–water partition coefficient (Wildman–Crippen LogP) is 6.15. The van der Waals surface area contributed by atoms with E-state index in [4.69, 9.17) is 11.6 Å². The minimum Gasteiger partial charge on any atom is -0.354 e. The van der Waals surface area contributed by atoms with Gasteiger partial charge >= 0.3 is 0 Å². The molecule has 7 nitrogen and oxygen atoms in total. The number of hydrogen-bond donors (Lipinski definition) is 1. The van der Waals surface area contributed by atoms with Crippen LogP contribution in [0.3, 0.4) is 0 Å². The Morgan fingerprint density at radius 2 is 1.52 bits per heavy atom. The highest BCUT2D eigenvalue weighted by atomic mass is 35.5. The van der Waals surface area contributed by atoms with Crippen molar-refractivity contribution in [2.45, 2.75) is 44.2 Å². The summed E-state index contributed by atoms with van der Waals surface area (Å²) in [4.78, 5) is 29.2. The maximum Gasteiger partial charge on any atom is 0.264 e. The van der Waals surface area contributed by atoms with Crippen molar-refractivity contribution in [3.8, 4) is 0 Å². The number of hydrogen-bond acceptors (Lipinski definition) is 4.